The highest BCUT2D eigenvalue weighted by Gasteiger charge is 2.36. The van der Waals surface area contributed by atoms with Crippen molar-refractivity contribution < 1.29 is 0 Å². The maximum absolute atomic E-state index is 3.84. The van der Waals surface area contributed by atoms with Crippen molar-refractivity contribution in [3.8, 4) is 0 Å². The number of rotatable bonds is 2. The van der Waals surface area contributed by atoms with Crippen molar-refractivity contribution >= 4 is 22.6 Å². The Hall–Kier alpha value is -0.130. The summed E-state index contributed by atoms with van der Waals surface area (Å²) in [5.74, 6) is 0. The highest BCUT2D eigenvalue weighted by molar-refractivity contribution is 14.1. The second-order valence-electron chi connectivity index (χ2n) is 6.10. The molecule has 1 aliphatic heterocycles. The molecule has 0 atom stereocenters. The number of benzene rings is 1. The zero-order valence-electron chi connectivity index (χ0n) is 11.5. The first-order valence-electron chi connectivity index (χ1n) is 7.48. The van der Waals surface area contributed by atoms with E-state index < -0.39 is 0 Å². The van der Waals surface area contributed by atoms with Crippen LogP contribution in [0.2, 0.25) is 0 Å². The molecule has 1 aromatic carbocycles. The predicted molar refractivity (Wildman–Crippen MR) is 88.3 cm³/mol. The average molecular weight is 370 g/mol. The summed E-state index contributed by atoms with van der Waals surface area (Å²) in [6.45, 7) is 4.78. The van der Waals surface area contributed by atoms with Crippen LogP contribution in [-0.4, -0.2) is 30.1 Å². The van der Waals surface area contributed by atoms with Crippen LogP contribution in [0.5, 0.6) is 0 Å². The first-order valence-corrected chi connectivity index (χ1v) is 8.56. The molecule has 1 aromatic rings. The summed E-state index contributed by atoms with van der Waals surface area (Å²) < 4.78 is 1.33. The summed E-state index contributed by atoms with van der Waals surface area (Å²) in [6, 6.07) is 9.00. The van der Waals surface area contributed by atoms with Gasteiger partial charge in [0.15, 0.2) is 0 Å². The lowest BCUT2D eigenvalue weighted by Crippen LogP contribution is -2.49. The van der Waals surface area contributed by atoms with Crippen LogP contribution in [0.15, 0.2) is 24.3 Å². The van der Waals surface area contributed by atoms with Gasteiger partial charge in [0.1, 0.15) is 0 Å². The van der Waals surface area contributed by atoms with Gasteiger partial charge in [0.25, 0.3) is 0 Å². The number of hydrogen-bond acceptors (Lipinski definition) is 2. The standard InChI is InChI=1S/C16H23IN2/c17-15-6-4-14(5-7-15)12-19-11-3-10-18-16(13-19)8-1-2-9-16/h4-7,18H,1-3,8-13H2. The SMILES string of the molecule is Ic1ccc(CN2CCCNC3(CCCC3)C2)cc1. The second-order valence-corrected chi connectivity index (χ2v) is 7.35. The first kappa shape index (κ1) is 13.8. The minimum absolute atomic E-state index is 0.430. The summed E-state index contributed by atoms with van der Waals surface area (Å²) in [7, 11) is 0. The third-order valence-corrected chi connectivity index (χ3v) is 5.28. The van der Waals surface area contributed by atoms with Gasteiger partial charge in [0.05, 0.1) is 0 Å². The Morgan fingerprint density at radius 2 is 1.84 bits per heavy atom. The Labute approximate surface area is 130 Å². The van der Waals surface area contributed by atoms with Crippen LogP contribution in [-0.2, 0) is 6.54 Å². The summed E-state index contributed by atoms with van der Waals surface area (Å²) in [4.78, 5) is 2.66. The first-order chi connectivity index (χ1) is 9.26. The lowest BCUT2D eigenvalue weighted by molar-refractivity contribution is 0.203. The Bertz CT molecular complexity index is 409. The molecule has 0 aromatic heterocycles. The van der Waals surface area contributed by atoms with E-state index >= 15 is 0 Å². The van der Waals surface area contributed by atoms with Gasteiger partial charge in [-0.3, -0.25) is 4.90 Å². The largest absolute Gasteiger partial charge is 0.310 e. The van der Waals surface area contributed by atoms with Crippen molar-refractivity contribution in [1.82, 2.24) is 10.2 Å². The van der Waals surface area contributed by atoms with E-state index in [1.54, 1.807) is 0 Å². The lowest BCUT2D eigenvalue weighted by Gasteiger charge is -2.33. The van der Waals surface area contributed by atoms with Gasteiger partial charge in [-0.15, -0.1) is 0 Å². The highest BCUT2D eigenvalue weighted by Crippen LogP contribution is 2.32. The van der Waals surface area contributed by atoms with E-state index in [0.717, 1.165) is 6.54 Å². The Balaban J connectivity index is 1.67. The average Bonchev–Trinajstić information content (AvgIpc) is 2.76. The zero-order chi connectivity index (χ0) is 13.1. The van der Waals surface area contributed by atoms with E-state index in [-0.39, 0.29) is 0 Å². The van der Waals surface area contributed by atoms with Gasteiger partial charge in [-0.05, 0) is 72.6 Å². The van der Waals surface area contributed by atoms with Crippen molar-refractivity contribution in [3.63, 3.8) is 0 Å². The molecule has 2 nitrogen and oxygen atoms in total. The summed E-state index contributed by atoms with van der Waals surface area (Å²) in [5, 5.41) is 3.84. The molecule has 0 amide bonds. The maximum Gasteiger partial charge on any atom is 0.0308 e. The fraction of sp³-hybridized carbons (Fsp3) is 0.625. The second kappa shape index (κ2) is 6.10. The van der Waals surface area contributed by atoms with E-state index in [1.165, 1.54) is 60.9 Å². The van der Waals surface area contributed by atoms with Gasteiger partial charge in [-0.2, -0.15) is 0 Å². The fourth-order valence-electron chi connectivity index (χ4n) is 3.59. The third-order valence-electron chi connectivity index (χ3n) is 4.56. The van der Waals surface area contributed by atoms with Crippen LogP contribution >= 0.6 is 22.6 Å². The van der Waals surface area contributed by atoms with Crippen LogP contribution in [0.1, 0.15) is 37.7 Å². The van der Waals surface area contributed by atoms with Crippen LogP contribution in [0.4, 0.5) is 0 Å². The fourth-order valence-corrected chi connectivity index (χ4v) is 3.95. The van der Waals surface area contributed by atoms with Gasteiger partial charge < -0.3 is 5.32 Å². The number of nitrogens with one attached hydrogen (secondary N) is 1. The van der Waals surface area contributed by atoms with Crippen molar-refractivity contribution in [3.05, 3.63) is 33.4 Å². The van der Waals surface area contributed by atoms with Crippen molar-refractivity contribution in [2.75, 3.05) is 19.6 Å². The lowest BCUT2D eigenvalue weighted by atomic mass is 9.97. The molecule has 1 aliphatic carbocycles. The smallest absolute Gasteiger partial charge is 0.0308 e. The minimum Gasteiger partial charge on any atom is -0.310 e. The monoisotopic (exact) mass is 370 g/mol. The summed E-state index contributed by atoms with van der Waals surface area (Å²) >= 11 is 2.38. The molecule has 3 heteroatoms. The van der Waals surface area contributed by atoms with E-state index in [2.05, 4.69) is 57.1 Å². The Morgan fingerprint density at radius 3 is 2.58 bits per heavy atom. The van der Waals surface area contributed by atoms with Gasteiger partial charge in [-0.25, -0.2) is 0 Å². The summed E-state index contributed by atoms with van der Waals surface area (Å²) in [6.07, 6.45) is 6.84. The molecule has 1 heterocycles. The number of halogens is 1. The van der Waals surface area contributed by atoms with Gasteiger partial charge >= 0.3 is 0 Å². The highest BCUT2D eigenvalue weighted by atomic mass is 127. The molecule has 0 bridgehead atoms. The van der Waals surface area contributed by atoms with Gasteiger partial charge in [0.2, 0.25) is 0 Å². The minimum atomic E-state index is 0.430. The molecule has 0 unspecified atom stereocenters. The van der Waals surface area contributed by atoms with E-state index in [0.29, 0.717) is 5.54 Å². The van der Waals surface area contributed by atoms with E-state index in [1.807, 2.05) is 0 Å². The Morgan fingerprint density at radius 1 is 1.11 bits per heavy atom. The zero-order valence-corrected chi connectivity index (χ0v) is 13.7. The molecule has 1 saturated carbocycles. The normalized spacial score (nSPS) is 23.6. The molecule has 19 heavy (non-hydrogen) atoms. The van der Waals surface area contributed by atoms with Crippen LogP contribution in [0, 0.1) is 3.57 Å². The molecular weight excluding hydrogens is 347 g/mol. The molecule has 1 saturated heterocycles. The summed E-state index contributed by atoms with van der Waals surface area (Å²) in [5.41, 5.74) is 1.88. The van der Waals surface area contributed by atoms with Crippen LogP contribution in [0.25, 0.3) is 0 Å². The molecule has 104 valence electrons. The maximum atomic E-state index is 3.84. The van der Waals surface area contributed by atoms with Gasteiger partial charge in [0, 0.05) is 22.2 Å². The van der Waals surface area contributed by atoms with Crippen molar-refractivity contribution in [1.29, 1.82) is 0 Å². The van der Waals surface area contributed by atoms with Crippen molar-refractivity contribution in [2.24, 2.45) is 0 Å². The topological polar surface area (TPSA) is 15.3 Å². The van der Waals surface area contributed by atoms with E-state index in [4.69, 9.17) is 0 Å². The quantitative estimate of drug-likeness (QED) is 0.803. The molecule has 0 radical (unpaired) electrons. The Kier molecular flexibility index (Phi) is 4.44. The molecule has 1 N–H and O–H groups in total. The molecule has 3 rings (SSSR count). The van der Waals surface area contributed by atoms with Gasteiger partial charge in [-0.1, -0.05) is 25.0 Å². The van der Waals surface area contributed by atoms with E-state index in [9.17, 15) is 0 Å². The molecule has 2 fully saturated rings. The number of hydrogen-bond donors (Lipinski definition) is 1. The third kappa shape index (κ3) is 3.50. The molecular formula is C16H23IN2. The van der Waals surface area contributed by atoms with Crippen LogP contribution in [0.3, 0.4) is 0 Å². The molecule has 1 spiro atoms. The van der Waals surface area contributed by atoms with Crippen LogP contribution < -0.4 is 5.32 Å². The van der Waals surface area contributed by atoms with Crippen molar-refractivity contribution in [2.45, 2.75) is 44.2 Å². The molecule has 2 aliphatic rings. The number of nitrogens with zero attached hydrogens (tertiary/aromatic N) is 1. The predicted octanol–water partition coefficient (Wildman–Crippen LogP) is 3.40.